The third kappa shape index (κ3) is 6.15. The molecule has 162 valence electrons. The van der Waals surface area contributed by atoms with Gasteiger partial charge in [-0.15, -0.1) is 11.3 Å². The van der Waals surface area contributed by atoms with Gasteiger partial charge >= 0.3 is 5.97 Å². The lowest BCUT2D eigenvalue weighted by molar-refractivity contribution is -0.147. The summed E-state index contributed by atoms with van der Waals surface area (Å²) in [5.41, 5.74) is 0.783. The molecule has 0 unspecified atom stereocenters. The Balaban J connectivity index is 1.37. The van der Waals surface area contributed by atoms with Crippen LogP contribution in [0.15, 0.2) is 28.5 Å². The topological polar surface area (TPSA) is 133 Å². The van der Waals surface area contributed by atoms with Crippen molar-refractivity contribution < 1.29 is 32.2 Å². The predicted octanol–water partition coefficient (Wildman–Crippen LogP) is 1.46. The maximum absolute atomic E-state index is 12.4. The fourth-order valence-electron chi connectivity index (χ4n) is 2.50. The zero-order valence-electron chi connectivity index (χ0n) is 16.2. The van der Waals surface area contributed by atoms with Gasteiger partial charge in [0, 0.05) is 24.4 Å². The van der Waals surface area contributed by atoms with Crippen LogP contribution in [0.3, 0.4) is 0 Å². The van der Waals surface area contributed by atoms with Gasteiger partial charge in [0.05, 0.1) is 10.6 Å². The Morgan fingerprint density at radius 1 is 1.23 bits per heavy atom. The van der Waals surface area contributed by atoms with Crippen molar-refractivity contribution in [1.29, 1.82) is 0 Å². The molecule has 1 aliphatic heterocycles. The minimum absolute atomic E-state index is 0.0344. The van der Waals surface area contributed by atoms with E-state index >= 15 is 0 Å². The number of ether oxygens (including phenoxy) is 3. The largest absolute Gasteiger partial charge is 0.486 e. The van der Waals surface area contributed by atoms with Crippen molar-refractivity contribution in [3.05, 3.63) is 29.3 Å². The molecule has 0 atom stereocenters. The predicted molar refractivity (Wildman–Crippen MR) is 108 cm³/mol. The number of nitrogens with zero attached hydrogens (tertiary/aromatic N) is 1. The maximum atomic E-state index is 12.4. The molecular weight excluding hydrogens is 434 g/mol. The molecule has 10 nitrogen and oxygen atoms in total. The van der Waals surface area contributed by atoms with Gasteiger partial charge in [-0.1, -0.05) is 0 Å². The van der Waals surface area contributed by atoms with Crippen LogP contribution in [0.2, 0.25) is 0 Å². The Hall–Kier alpha value is -2.70. The van der Waals surface area contributed by atoms with Crippen molar-refractivity contribution in [1.82, 2.24) is 9.71 Å². The van der Waals surface area contributed by atoms with E-state index in [1.54, 1.807) is 18.4 Å². The Kier molecular flexibility index (Phi) is 7.24. The summed E-state index contributed by atoms with van der Waals surface area (Å²) in [4.78, 5) is 27.6. The van der Waals surface area contributed by atoms with Gasteiger partial charge in [-0.25, -0.2) is 18.1 Å². The number of hydrogen-bond acceptors (Lipinski definition) is 9. The summed E-state index contributed by atoms with van der Waals surface area (Å²) in [5.74, 6) is -0.216. The van der Waals surface area contributed by atoms with Gasteiger partial charge in [0.25, 0.3) is 5.91 Å². The lowest BCUT2D eigenvalue weighted by atomic mass is 10.3. The van der Waals surface area contributed by atoms with E-state index in [1.807, 2.05) is 0 Å². The van der Waals surface area contributed by atoms with Crippen molar-refractivity contribution in [2.45, 2.75) is 24.7 Å². The summed E-state index contributed by atoms with van der Waals surface area (Å²) >= 11 is 1.27. The number of fused-ring (bicyclic) bond motifs is 1. The van der Waals surface area contributed by atoms with E-state index in [1.165, 1.54) is 23.5 Å². The van der Waals surface area contributed by atoms with E-state index in [-0.39, 0.29) is 24.3 Å². The van der Waals surface area contributed by atoms with E-state index < -0.39 is 28.5 Å². The second-order valence-corrected chi connectivity index (χ2v) is 8.93. The molecule has 0 spiro atoms. The van der Waals surface area contributed by atoms with Crippen LogP contribution in [0.25, 0.3) is 0 Å². The number of carbonyl (C=O) groups is 2. The Bertz CT molecular complexity index is 1020. The number of hydrogen-bond donors (Lipinski definition) is 2. The third-order valence-corrected chi connectivity index (χ3v) is 6.24. The molecule has 0 saturated carbocycles. The first-order chi connectivity index (χ1) is 14.3. The minimum atomic E-state index is -3.76. The molecule has 30 heavy (non-hydrogen) atoms. The van der Waals surface area contributed by atoms with Crippen molar-refractivity contribution in [2.24, 2.45) is 0 Å². The summed E-state index contributed by atoms with van der Waals surface area (Å²) in [6.07, 6.45) is 0.184. The molecule has 12 heteroatoms. The van der Waals surface area contributed by atoms with Crippen LogP contribution in [-0.4, -0.2) is 51.6 Å². The highest BCUT2D eigenvalue weighted by atomic mass is 32.2. The van der Waals surface area contributed by atoms with Crippen LogP contribution in [0.5, 0.6) is 11.5 Å². The van der Waals surface area contributed by atoms with Gasteiger partial charge in [-0.3, -0.25) is 14.9 Å². The van der Waals surface area contributed by atoms with E-state index in [0.717, 1.165) is 5.69 Å². The van der Waals surface area contributed by atoms with Crippen molar-refractivity contribution in [3.63, 3.8) is 0 Å². The second kappa shape index (κ2) is 9.87. The number of nitrogens with one attached hydrogen (secondary N) is 2. The number of aromatic nitrogens is 1. The van der Waals surface area contributed by atoms with Crippen LogP contribution >= 0.6 is 11.3 Å². The van der Waals surface area contributed by atoms with Gasteiger partial charge in [-0.2, -0.15) is 0 Å². The van der Waals surface area contributed by atoms with Crippen LogP contribution in [0, 0.1) is 6.92 Å². The van der Waals surface area contributed by atoms with E-state index in [0.29, 0.717) is 29.8 Å². The number of carbonyl (C=O) groups excluding carboxylic acids is 2. The standard InChI is InChI=1S/C18H21N3O7S2/c1-12-11-29-18(20-12)21-16(22)10-28-17(23)3-2-6-19-30(24,25)13-4-5-14-15(9-13)27-8-7-26-14/h4-5,9,11,19H,2-3,6-8,10H2,1H3,(H,20,21,22). The average molecular weight is 456 g/mol. The summed E-state index contributed by atoms with van der Waals surface area (Å²) in [7, 11) is -3.76. The first-order valence-electron chi connectivity index (χ1n) is 9.10. The van der Waals surface area contributed by atoms with Crippen molar-refractivity contribution in [3.8, 4) is 11.5 Å². The quantitative estimate of drug-likeness (QED) is 0.429. The van der Waals surface area contributed by atoms with Gasteiger partial charge < -0.3 is 14.2 Å². The summed E-state index contributed by atoms with van der Waals surface area (Å²) in [6, 6.07) is 4.36. The molecule has 0 fully saturated rings. The second-order valence-electron chi connectivity index (χ2n) is 6.31. The highest BCUT2D eigenvalue weighted by Gasteiger charge is 2.19. The molecule has 1 aromatic carbocycles. The number of esters is 1. The molecule has 3 rings (SSSR count). The molecule has 2 N–H and O–H groups in total. The molecule has 1 amide bonds. The fraction of sp³-hybridized carbons (Fsp3) is 0.389. The van der Waals surface area contributed by atoms with Gasteiger partial charge in [0.2, 0.25) is 10.0 Å². The molecule has 1 aromatic heterocycles. The first-order valence-corrected chi connectivity index (χ1v) is 11.5. The number of anilines is 1. The summed E-state index contributed by atoms with van der Waals surface area (Å²) < 4.78 is 42.8. The number of benzene rings is 1. The van der Waals surface area contributed by atoms with Crippen LogP contribution in [0.1, 0.15) is 18.5 Å². The fourth-order valence-corrected chi connectivity index (χ4v) is 4.29. The summed E-state index contributed by atoms with van der Waals surface area (Å²) in [5, 5.41) is 4.74. The lowest BCUT2D eigenvalue weighted by Crippen LogP contribution is -2.26. The van der Waals surface area contributed by atoms with Gasteiger partial charge in [0.15, 0.2) is 23.2 Å². The third-order valence-electron chi connectivity index (χ3n) is 3.90. The monoisotopic (exact) mass is 455 g/mol. The Morgan fingerprint density at radius 3 is 2.73 bits per heavy atom. The maximum Gasteiger partial charge on any atom is 0.306 e. The van der Waals surface area contributed by atoms with E-state index in [4.69, 9.17) is 14.2 Å². The number of rotatable bonds is 9. The zero-order valence-corrected chi connectivity index (χ0v) is 17.8. The summed E-state index contributed by atoms with van der Waals surface area (Å²) in [6.45, 7) is 2.18. The zero-order chi connectivity index (χ0) is 21.6. The Morgan fingerprint density at radius 2 is 2.00 bits per heavy atom. The highest BCUT2D eigenvalue weighted by Crippen LogP contribution is 2.32. The number of aryl methyl sites for hydroxylation is 1. The molecule has 0 radical (unpaired) electrons. The molecule has 2 aromatic rings. The van der Waals surface area contributed by atoms with E-state index in [9.17, 15) is 18.0 Å². The van der Waals surface area contributed by atoms with Gasteiger partial charge in [0.1, 0.15) is 13.2 Å². The first kappa shape index (κ1) is 22.0. The molecular formula is C18H21N3O7S2. The normalized spacial score (nSPS) is 13.0. The molecule has 0 aliphatic carbocycles. The number of amides is 1. The smallest absolute Gasteiger partial charge is 0.306 e. The molecule has 2 heterocycles. The van der Waals surface area contributed by atoms with Crippen molar-refractivity contribution >= 4 is 38.4 Å². The van der Waals surface area contributed by atoms with E-state index in [2.05, 4.69) is 15.0 Å². The van der Waals surface area contributed by atoms with Gasteiger partial charge in [-0.05, 0) is 25.5 Å². The van der Waals surface area contributed by atoms with Crippen molar-refractivity contribution in [2.75, 3.05) is 31.7 Å². The van der Waals surface area contributed by atoms with Crippen LogP contribution in [-0.2, 0) is 24.3 Å². The highest BCUT2D eigenvalue weighted by molar-refractivity contribution is 7.89. The van der Waals surface area contributed by atoms with Crippen LogP contribution < -0.4 is 19.5 Å². The SMILES string of the molecule is Cc1csc(NC(=O)COC(=O)CCCNS(=O)(=O)c2ccc3c(c2)OCCO3)n1. The molecule has 1 aliphatic rings. The molecule has 0 bridgehead atoms. The minimum Gasteiger partial charge on any atom is -0.486 e. The Labute approximate surface area is 177 Å². The average Bonchev–Trinajstić information content (AvgIpc) is 3.13. The number of sulfonamides is 1. The number of thiazole rings is 1. The molecule has 0 saturated heterocycles. The lowest BCUT2D eigenvalue weighted by Gasteiger charge is -2.18. The van der Waals surface area contributed by atoms with Crippen LogP contribution in [0.4, 0.5) is 5.13 Å².